The van der Waals surface area contributed by atoms with Crippen molar-refractivity contribution in [3.8, 4) is 0 Å². The van der Waals surface area contributed by atoms with Crippen LogP contribution in [0.3, 0.4) is 0 Å². The van der Waals surface area contributed by atoms with Gasteiger partial charge in [-0.1, -0.05) is 6.92 Å². The largest absolute Gasteiger partial charge is 0.396 e. The van der Waals surface area contributed by atoms with E-state index >= 15 is 0 Å². The Labute approximate surface area is 122 Å². The van der Waals surface area contributed by atoms with Gasteiger partial charge in [0, 0.05) is 12.6 Å². The molecule has 1 fully saturated rings. The number of carbonyl (C=O) groups excluding carboxylic acids is 1. The van der Waals surface area contributed by atoms with Crippen molar-refractivity contribution in [3.63, 3.8) is 0 Å². The number of nitrogens with two attached hydrogens (primary N) is 1. The van der Waals surface area contributed by atoms with Crippen LogP contribution in [0.2, 0.25) is 0 Å². The van der Waals surface area contributed by atoms with Gasteiger partial charge in [-0.15, -0.1) is 11.3 Å². The van der Waals surface area contributed by atoms with Crippen LogP contribution in [0.4, 0.5) is 10.7 Å². The number of hydrogen-bond donors (Lipinski definition) is 3. The molecule has 6 nitrogen and oxygen atoms in total. The molecule has 0 aliphatic heterocycles. The number of amides is 1. The number of rotatable bonds is 6. The molecule has 1 amide bonds. The summed E-state index contributed by atoms with van der Waals surface area (Å²) in [5, 5.41) is 6.26. The molecule has 1 aliphatic rings. The van der Waals surface area contributed by atoms with Crippen LogP contribution in [0, 0.1) is 0 Å². The normalized spacial score (nSPS) is 15.1. The monoisotopic (exact) mass is 317 g/mol. The molecule has 0 atom stereocenters. The fourth-order valence-corrected chi connectivity index (χ4v) is 4.44. The van der Waals surface area contributed by atoms with E-state index in [4.69, 9.17) is 5.73 Å². The van der Waals surface area contributed by atoms with Gasteiger partial charge in [0.05, 0.1) is 11.4 Å². The molecule has 8 heteroatoms. The smallest absolute Gasteiger partial charge is 0.263 e. The van der Waals surface area contributed by atoms with E-state index in [1.807, 2.05) is 6.92 Å². The average Bonchev–Trinajstić information content (AvgIpc) is 3.13. The summed E-state index contributed by atoms with van der Waals surface area (Å²) in [4.78, 5) is 12.4. The van der Waals surface area contributed by atoms with E-state index < -0.39 is 9.84 Å². The van der Waals surface area contributed by atoms with E-state index in [1.165, 1.54) is 0 Å². The van der Waals surface area contributed by atoms with E-state index in [-0.39, 0.29) is 33.2 Å². The Morgan fingerprint density at radius 1 is 1.40 bits per heavy atom. The predicted octanol–water partition coefficient (Wildman–Crippen LogP) is 1.45. The molecule has 20 heavy (non-hydrogen) atoms. The van der Waals surface area contributed by atoms with Crippen molar-refractivity contribution in [2.45, 2.75) is 37.6 Å². The summed E-state index contributed by atoms with van der Waals surface area (Å²) >= 11 is 1.10. The third-order valence-corrected chi connectivity index (χ3v) is 6.14. The van der Waals surface area contributed by atoms with E-state index in [1.54, 1.807) is 6.92 Å². The predicted molar refractivity (Wildman–Crippen MR) is 81.1 cm³/mol. The van der Waals surface area contributed by atoms with Crippen LogP contribution in [0.15, 0.2) is 4.90 Å². The van der Waals surface area contributed by atoms with Crippen molar-refractivity contribution in [3.05, 3.63) is 4.88 Å². The lowest BCUT2D eigenvalue weighted by molar-refractivity contribution is 0.0956. The molecule has 112 valence electrons. The average molecular weight is 317 g/mol. The Bertz CT molecular complexity index is 618. The molecule has 0 saturated heterocycles. The van der Waals surface area contributed by atoms with Crippen molar-refractivity contribution in [2.24, 2.45) is 0 Å². The highest BCUT2D eigenvalue weighted by Crippen LogP contribution is 2.40. The second-order valence-electron chi connectivity index (χ2n) is 4.68. The number of anilines is 2. The van der Waals surface area contributed by atoms with Crippen LogP contribution in [-0.4, -0.2) is 32.7 Å². The third-order valence-electron chi connectivity index (χ3n) is 3.05. The Balaban J connectivity index is 2.44. The molecule has 0 unspecified atom stereocenters. The summed E-state index contributed by atoms with van der Waals surface area (Å²) in [5.41, 5.74) is 5.98. The van der Waals surface area contributed by atoms with E-state index in [0.29, 0.717) is 11.5 Å². The first kappa shape index (κ1) is 15.1. The van der Waals surface area contributed by atoms with Crippen LogP contribution >= 0.6 is 11.3 Å². The fourth-order valence-electron chi connectivity index (χ4n) is 1.81. The van der Waals surface area contributed by atoms with Gasteiger partial charge in [-0.25, -0.2) is 8.42 Å². The standard InChI is InChI=1S/C12H19N3O3S2/c1-3-14-12-10(20(17,18)4-2)8(13)9(19-12)11(16)15-7-5-6-7/h7,14H,3-6,13H2,1-2H3,(H,15,16). The molecule has 4 N–H and O–H groups in total. The lowest BCUT2D eigenvalue weighted by Gasteiger charge is -2.05. The highest BCUT2D eigenvalue weighted by atomic mass is 32.2. The van der Waals surface area contributed by atoms with E-state index in [0.717, 1.165) is 24.2 Å². The third kappa shape index (κ3) is 2.90. The first-order chi connectivity index (χ1) is 9.40. The van der Waals surface area contributed by atoms with E-state index in [9.17, 15) is 13.2 Å². The minimum Gasteiger partial charge on any atom is -0.396 e. The van der Waals surface area contributed by atoms with Crippen molar-refractivity contribution < 1.29 is 13.2 Å². The van der Waals surface area contributed by atoms with Gasteiger partial charge in [-0.2, -0.15) is 0 Å². The molecule has 1 saturated carbocycles. The number of sulfone groups is 1. The Hall–Kier alpha value is -1.28. The van der Waals surface area contributed by atoms with Crippen LogP contribution < -0.4 is 16.4 Å². The topological polar surface area (TPSA) is 101 Å². The van der Waals surface area contributed by atoms with Gasteiger partial charge < -0.3 is 16.4 Å². The molecule has 1 aromatic heterocycles. The van der Waals surface area contributed by atoms with Gasteiger partial charge >= 0.3 is 0 Å². The second-order valence-corrected chi connectivity index (χ2v) is 7.92. The van der Waals surface area contributed by atoms with Crippen LogP contribution in [0.5, 0.6) is 0 Å². The molecular formula is C12H19N3O3S2. The number of nitrogen functional groups attached to an aromatic ring is 1. The quantitative estimate of drug-likeness (QED) is 0.737. The van der Waals surface area contributed by atoms with Gasteiger partial charge in [0.15, 0.2) is 9.84 Å². The Morgan fingerprint density at radius 2 is 2.05 bits per heavy atom. The molecule has 0 radical (unpaired) electrons. The highest BCUT2D eigenvalue weighted by Gasteiger charge is 2.31. The maximum atomic E-state index is 12.1. The second kappa shape index (κ2) is 5.61. The number of carbonyl (C=O) groups is 1. The van der Waals surface area contributed by atoms with Gasteiger partial charge in [0.2, 0.25) is 0 Å². The molecule has 1 aromatic rings. The fraction of sp³-hybridized carbons (Fsp3) is 0.583. The highest BCUT2D eigenvalue weighted by molar-refractivity contribution is 7.91. The molecule has 1 heterocycles. The Morgan fingerprint density at radius 3 is 2.55 bits per heavy atom. The summed E-state index contributed by atoms with van der Waals surface area (Å²) in [7, 11) is -3.46. The maximum absolute atomic E-state index is 12.1. The van der Waals surface area contributed by atoms with E-state index in [2.05, 4.69) is 10.6 Å². The van der Waals surface area contributed by atoms with Crippen LogP contribution in [0.25, 0.3) is 0 Å². The zero-order chi connectivity index (χ0) is 14.9. The lowest BCUT2D eigenvalue weighted by Crippen LogP contribution is -2.25. The summed E-state index contributed by atoms with van der Waals surface area (Å²) in [6, 6.07) is 0.206. The number of hydrogen-bond acceptors (Lipinski definition) is 6. The van der Waals surface area contributed by atoms with Gasteiger partial charge in [0.25, 0.3) is 5.91 Å². The van der Waals surface area contributed by atoms with Crippen LogP contribution in [0.1, 0.15) is 36.4 Å². The number of nitrogens with one attached hydrogen (secondary N) is 2. The lowest BCUT2D eigenvalue weighted by atomic mass is 10.3. The zero-order valence-corrected chi connectivity index (χ0v) is 13.2. The SMILES string of the molecule is CCNc1sc(C(=O)NC2CC2)c(N)c1S(=O)(=O)CC. The minimum absolute atomic E-state index is 0.0456. The summed E-state index contributed by atoms with van der Waals surface area (Å²) in [5.74, 6) is -0.331. The Kier molecular flexibility index (Phi) is 4.24. The first-order valence-corrected chi connectivity index (χ1v) is 9.07. The zero-order valence-electron chi connectivity index (χ0n) is 11.5. The molecule has 2 rings (SSSR count). The van der Waals surface area contributed by atoms with Crippen molar-refractivity contribution in [1.29, 1.82) is 0 Å². The van der Waals surface area contributed by atoms with Gasteiger partial charge in [-0.05, 0) is 19.8 Å². The van der Waals surface area contributed by atoms with Crippen molar-refractivity contribution in [2.75, 3.05) is 23.3 Å². The number of thiophene rings is 1. The molecule has 0 bridgehead atoms. The van der Waals surface area contributed by atoms with Crippen molar-refractivity contribution >= 4 is 37.8 Å². The minimum atomic E-state index is -3.46. The van der Waals surface area contributed by atoms with Gasteiger partial charge in [0.1, 0.15) is 14.8 Å². The molecule has 0 spiro atoms. The first-order valence-electron chi connectivity index (χ1n) is 6.60. The summed E-state index contributed by atoms with van der Waals surface area (Å²) < 4.78 is 24.3. The molecule has 1 aliphatic carbocycles. The molecule has 0 aromatic carbocycles. The van der Waals surface area contributed by atoms with Crippen LogP contribution in [-0.2, 0) is 9.84 Å². The molecular weight excluding hydrogens is 298 g/mol. The maximum Gasteiger partial charge on any atom is 0.263 e. The van der Waals surface area contributed by atoms with Gasteiger partial charge in [-0.3, -0.25) is 4.79 Å². The summed E-state index contributed by atoms with van der Waals surface area (Å²) in [6.07, 6.45) is 1.94. The van der Waals surface area contributed by atoms with Crippen molar-refractivity contribution in [1.82, 2.24) is 5.32 Å². The summed E-state index contributed by atoms with van der Waals surface area (Å²) in [6.45, 7) is 3.99.